The number of anilines is 1. The van der Waals surface area contributed by atoms with E-state index in [1.54, 1.807) is 6.20 Å². The van der Waals surface area contributed by atoms with Crippen LogP contribution in [0.25, 0.3) is 0 Å². The molecule has 0 amide bonds. The van der Waals surface area contributed by atoms with Gasteiger partial charge in [0.15, 0.2) is 5.82 Å². The molecule has 1 saturated carbocycles. The molecule has 0 spiro atoms. The third-order valence-electron chi connectivity index (χ3n) is 3.64. The van der Waals surface area contributed by atoms with Crippen LogP contribution in [0.1, 0.15) is 32.6 Å². The zero-order chi connectivity index (χ0) is 13.9. The Kier molecular flexibility index (Phi) is 4.74. The van der Waals surface area contributed by atoms with E-state index in [1.807, 2.05) is 0 Å². The molecule has 0 saturated heterocycles. The summed E-state index contributed by atoms with van der Waals surface area (Å²) in [6, 6.07) is 0.306. The fraction of sp³-hybridized carbons (Fsp3) is 0.692. The lowest BCUT2D eigenvalue weighted by Gasteiger charge is -2.40. The summed E-state index contributed by atoms with van der Waals surface area (Å²) in [4.78, 5) is 8.24. The first-order chi connectivity index (χ1) is 9.08. The molecule has 2 rings (SSSR count). The molecule has 1 aliphatic rings. The van der Waals surface area contributed by atoms with E-state index in [2.05, 4.69) is 22.2 Å². The summed E-state index contributed by atoms with van der Waals surface area (Å²) >= 11 is 12.3. The Morgan fingerprint density at radius 2 is 2.37 bits per heavy atom. The molecular formula is C13H19Cl2N3O. The van der Waals surface area contributed by atoms with Crippen molar-refractivity contribution in [1.82, 2.24) is 9.97 Å². The van der Waals surface area contributed by atoms with Crippen molar-refractivity contribution in [2.75, 3.05) is 18.3 Å². The van der Waals surface area contributed by atoms with Crippen LogP contribution in [0.4, 0.5) is 5.82 Å². The van der Waals surface area contributed by atoms with E-state index < -0.39 is 0 Å². The van der Waals surface area contributed by atoms with Crippen molar-refractivity contribution in [3.63, 3.8) is 0 Å². The standard InChI is InChI=1S/C13H19Cl2N3O/c1-9-4-3-5-13(6-9,8-14)18-11-10(15)7-16-12(17-11)19-2/h7,9H,3-6,8H2,1-2H3,(H,16,17,18). The second-order valence-corrected chi connectivity index (χ2v) is 5.97. The number of hydrogen-bond donors (Lipinski definition) is 1. The maximum Gasteiger partial charge on any atom is 0.318 e. The zero-order valence-corrected chi connectivity index (χ0v) is 12.8. The summed E-state index contributed by atoms with van der Waals surface area (Å²) in [5.74, 6) is 1.80. The summed E-state index contributed by atoms with van der Waals surface area (Å²) in [6.45, 7) is 2.25. The molecule has 19 heavy (non-hydrogen) atoms. The van der Waals surface area contributed by atoms with E-state index in [0.717, 1.165) is 12.8 Å². The van der Waals surface area contributed by atoms with E-state index in [1.165, 1.54) is 20.0 Å². The number of methoxy groups -OCH3 is 1. The Bertz CT molecular complexity index is 444. The minimum absolute atomic E-state index is 0.137. The first-order valence-electron chi connectivity index (χ1n) is 6.49. The van der Waals surface area contributed by atoms with Gasteiger partial charge in [0.1, 0.15) is 5.02 Å². The number of ether oxygens (including phenoxy) is 1. The number of nitrogens with one attached hydrogen (secondary N) is 1. The summed E-state index contributed by atoms with van der Waals surface area (Å²) in [7, 11) is 1.53. The van der Waals surface area contributed by atoms with Crippen molar-refractivity contribution in [2.24, 2.45) is 5.92 Å². The molecule has 4 nitrogen and oxygen atoms in total. The first-order valence-corrected chi connectivity index (χ1v) is 7.40. The quantitative estimate of drug-likeness (QED) is 0.861. The SMILES string of the molecule is COc1ncc(Cl)c(NC2(CCl)CCCC(C)C2)n1. The van der Waals surface area contributed by atoms with Crippen LogP contribution in [0.5, 0.6) is 6.01 Å². The molecule has 1 aromatic heterocycles. The van der Waals surface area contributed by atoms with Gasteiger partial charge in [-0.3, -0.25) is 0 Å². The van der Waals surface area contributed by atoms with Gasteiger partial charge in [-0.1, -0.05) is 31.4 Å². The van der Waals surface area contributed by atoms with Crippen LogP contribution in [0, 0.1) is 5.92 Å². The topological polar surface area (TPSA) is 47.0 Å². The van der Waals surface area contributed by atoms with Gasteiger partial charge in [0.2, 0.25) is 0 Å². The van der Waals surface area contributed by atoms with Crippen molar-refractivity contribution < 1.29 is 4.74 Å². The maximum atomic E-state index is 6.20. The molecule has 6 heteroatoms. The van der Waals surface area contributed by atoms with Crippen molar-refractivity contribution in [1.29, 1.82) is 0 Å². The van der Waals surface area contributed by atoms with Gasteiger partial charge < -0.3 is 10.1 Å². The van der Waals surface area contributed by atoms with Crippen LogP contribution in [0.15, 0.2) is 6.20 Å². The van der Waals surface area contributed by atoms with Crippen molar-refractivity contribution in [2.45, 2.75) is 38.1 Å². The van der Waals surface area contributed by atoms with Gasteiger partial charge in [-0.15, -0.1) is 11.6 Å². The molecule has 0 aromatic carbocycles. The Labute approximate surface area is 123 Å². The molecule has 1 fully saturated rings. The highest BCUT2D eigenvalue weighted by molar-refractivity contribution is 6.32. The van der Waals surface area contributed by atoms with Crippen LogP contribution >= 0.6 is 23.2 Å². The third-order valence-corrected chi connectivity index (χ3v) is 4.42. The molecule has 1 heterocycles. The monoisotopic (exact) mass is 303 g/mol. The average molecular weight is 304 g/mol. The number of nitrogens with zero attached hydrogens (tertiary/aromatic N) is 2. The number of halogens is 2. The van der Waals surface area contributed by atoms with E-state index in [4.69, 9.17) is 27.9 Å². The molecule has 0 bridgehead atoms. The largest absolute Gasteiger partial charge is 0.467 e. The highest BCUT2D eigenvalue weighted by atomic mass is 35.5. The van der Waals surface area contributed by atoms with Crippen LogP contribution in [0.2, 0.25) is 5.02 Å². The summed E-state index contributed by atoms with van der Waals surface area (Å²) in [6.07, 6.45) is 6.02. The van der Waals surface area contributed by atoms with Crippen LogP contribution in [-0.4, -0.2) is 28.5 Å². The van der Waals surface area contributed by atoms with Crippen molar-refractivity contribution in [3.8, 4) is 6.01 Å². The lowest BCUT2D eigenvalue weighted by atomic mass is 9.77. The zero-order valence-electron chi connectivity index (χ0n) is 11.2. The van der Waals surface area contributed by atoms with Crippen molar-refractivity contribution in [3.05, 3.63) is 11.2 Å². The normalized spacial score (nSPS) is 27.1. The van der Waals surface area contributed by atoms with Crippen LogP contribution in [0.3, 0.4) is 0 Å². The number of rotatable bonds is 4. The third kappa shape index (κ3) is 3.42. The van der Waals surface area contributed by atoms with Crippen LogP contribution < -0.4 is 10.1 Å². The lowest BCUT2D eigenvalue weighted by molar-refractivity contribution is 0.278. The molecule has 2 unspecified atom stereocenters. The van der Waals surface area contributed by atoms with Gasteiger partial charge in [-0.25, -0.2) is 4.98 Å². The summed E-state index contributed by atoms with van der Waals surface area (Å²) in [5, 5.41) is 3.91. The smallest absolute Gasteiger partial charge is 0.318 e. The number of alkyl halides is 1. The van der Waals surface area contributed by atoms with Gasteiger partial charge in [0, 0.05) is 5.88 Å². The molecule has 2 atom stereocenters. The highest BCUT2D eigenvalue weighted by Gasteiger charge is 2.35. The minimum Gasteiger partial charge on any atom is -0.467 e. The van der Waals surface area contributed by atoms with Gasteiger partial charge >= 0.3 is 6.01 Å². The first kappa shape index (κ1) is 14.7. The summed E-state index contributed by atoms with van der Waals surface area (Å²) in [5.41, 5.74) is -0.137. The van der Waals surface area contributed by atoms with Gasteiger partial charge in [-0.2, -0.15) is 4.98 Å². The van der Waals surface area contributed by atoms with Gasteiger partial charge in [0.25, 0.3) is 0 Å². The molecule has 0 radical (unpaired) electrons. The minimum atomic E-state index is -0.137. The second-order valence-electron chi connectivity index (χ2n) is 5.29. The second kappa shape index (κ2) is 6.14. The molecule has 106 valence electrons. The predicted molar refractivity (Wildman–Crippen MR) is 78.3 cm³/mol. The predicted octanol–water partition coefficient (Wildman–Crippen LogP) is 3.74. The van der Waals surface area contributed by atoms with Crippen molar-refractivity contribution >= 4 is 29.0 Å². The Morgan fingerprint density at radius 3 is 3.00 bits per heavy atom. The maximum absolute atomic E-state index is 6.20. The fourth-order valence-electron chi connectivity index (χ4n) is 2.72. The molecule has 1 N–H and O–H groups in total. The lowest BCUT2D eigenvalue weighted by Crippen LogP contribution is -2.44. The van der Waals surface area contributed by atoms with Crippen LogP contribution in [-0.2, 0) is 0 Å². The highest BCUT2D eigenvalue weighted by Crippen LogP contribution is 2.37. The van der Waals surface area contributed by atoms with E-state index in [-0.39, 0.29) is 5.54 Å². The Balaban J connectivity index is 2.22. The molecule has 1 aliphatic carbocycles. The Hall–Kier alpha value is -0.740. The molecule has 1 aromatic rings. The van der Waals surface area contributed by atoms with E-state index in [0.29, 0.717) is 28.6 Å². The van der Waals surface area contributed by atoms with E-state index >= 15 is 0 Å². The summed E-state index contributed by atoms with van der Waals surface area (Å²) < 4.78 is 5.03. The number of hydrogen-bond acceptors (Lipinski definition) is 4. The molecule has 0 aliphatic heterocycles. The Morgan fingerprint density at radius 1 is 1.58 bits per heavy atom. The average Bonchev–Trinajstić information content (AvgIpc) is 2.41. The van der Waals surface area contributed by atoms with E-state index in [9.17, 15) is 0 Å². The van der Waals surface area contributed by atoms with Gasteiger partial charge in [0.05, 0.1) is 18.8 Å². The fourth-order valence-corrected chi connectivity index (χ4v) is 3.16. The number of aromatic nitrogens is 2. The van der Waals surface area contributed by atoms with Gasteiger partial charge in [-0.05, 0) is 18.8 Å². The molecular weight excluding hydrogens is 285 g/mol.